The summed E-state index contributed by atoms with van der Waals surface area (Å²) in [4.78, 5) is 11.7. The Morgan fingerprint density at radius 2 is 2.41 bits per heavy atom. The number of carboxylic acids is 1. The molecule has 2 bridgehead atoms. The molecule has 1 aromatic heterocycles. The third-order valence-corrected chi connectivity index (χ3v) is 5.57. The van der Waals surface area contributed by atoms with Gasteiger partial charge in [0.05, 0.1) is 5.41 Å². The van der Waals surface area contributed by atoms with Gasteiger partial charge < -0.3 is 5.11 Å². The number of aliphatic carboxylic acids is 1. The van der Waals surface area contributed by atoms with E-state index >= 15 is 0 Å². The van der Waals surface area contributed by atoms with Gasteiger partial charge in [0, 0.05) is 0 Å². The van der Waals surface area contributed by atoms with Gasteiger partial charge in [0.2, 0.25) is 0 Å². The molecule has 3 atom stereocenters. The van der Waals surface area contributed by atoms with Gasteiger partial charge in [-0.1, -0.05) is 6.42 Å². The second-order valence-electron chi connectivity index (χ2n) is 5.67. The monoisotopic (exact) mass is 250 g/mol. The third-order valence-electron chi connectivity index (χ3n) is 4.84. The van der Waals surface area contributed by atoms with Crippen molar-refractivity contribution >= 4 is 17.3 Å². The van der Waals surface area contributed by atoms with Gasteiger partial charge in [-0.15, -0.1) is 0 Å². The van der Waals surface area contributed by atoms with Crippen molar-refractivity contribution in [2.75, 3.05) is 0 Å². The lowest BCUT2D eigenvalue weighted by Gasteiger charge is -2.33. The normalized spacial score (nSPS) is 35.3. The van der Waals surface area contributed by atoms with E-state index in [1.54, 1.807) is 11.3 Å². The van der Waals surface area contributed by atoms with E-state index in [2.05, 4.69) is 16.8 Å². The van der Waals surface area contributed by atoms with E-state index in [1.165, 1.54) is 12.0 Å². The number of hydrogen-bond acceptors (Lipinski definition) is 2. The van der Waals surface area contributed by atoms with E-state index in [0.29, 0.717) is 11.8 Å². The van der Waals surface area contributed by atoms with Crippen LogP contribution in [-0.2, 0) is 11.2 Å². The van der Waals surface area contributed by atoms with E-state index in [0.717, 1.165) is 32.1 Å². The van der Waals surface area contributed by atoms with Gasteiger partial charge in [-0.3, -0.25) is 4.79 Å². The molecule has 3 heteroatoms. The zero-order valence-corrected chi connectivity index (χ0v) is 10.7. The lowest BCUT2D eigenvalue weighted by Crippen LogP contribution is -2.36. The summed E-state index contributed by atoms with van der Waals surface area (Å²) in [5.41, 5.74) is 0.906. The predicted octanol–water partition coefficient (Wildman–Crippen LogP) is 3.57. The van der Waals surface area contributed by atoms with Crippen LogP contribution in [0, 0.1) is 17.3 Å². The molecule has 1 heterocycles. The van der Waals surface area contributed by atoms with E-state index < -0.39 is 11.4 Å². The number of fused-ring (bicyclic) bond motifs is 2. The molecule has 2 fully saturated rings. The molecule has 1 aromatic rings. The summed E-state index contributed by atoms with van der Waals surface area (Å²) in [6, 6.07) is 2.12. The molecule has 0 aliphatic heterocycles. The largest absolute Gasteiger partial charge is 0.481 e. The van der Waals surface area contributed by atoms with Crippen molar-refractivity contribution in [2.24, 2.45) is 17.3 Å². The Morgan fingerprint density at radius 1 is 1.53 bits per heavy atom. The first kappa shape index (κ1) is 11.3. The zero-order chi connectivity index (χ0) is 11.9. The number of thiophene rings is 1. The summed E-state index contributed by atoms with van der Waals surface area (Å²) in [6.07, 6.45) is 6.26. The van der Waals surface area contributed by atoms with Crippen LogP contribution in [0.15, 0.2) is 16.8 Å². The highest BCUT2D eigenvalue weighted by Crippen LogP contribution is 2.58. The Balaban J connectivity index is 1.75. The molecule has 92 valence electrons. The number of carboxylic acid groups (broad SMARTS) is 1. The molecule has 2 aliphatic carbocycles. The molecule has 2 nitrogen and oxygen atoms in total. The highest BCUT2D eigenvalue weighted by molar-refractivity contribution is 7.07. The summed E-state index contributed by atoms with van der Waals surface area (Å²) in [7, 11) is 0. The average molecular weight is 250 g/mol. The van der Waals surface area contributed by atoms with Gasteiger partial charge in [0.25, 0.3) is 0 Å². The molecule has 0 radical (unpaired) electrons. The van der Waals surface area contributed by atoms with Crippen LogP contribution in [0.2, 0.25) is 0 Å². The van der Waals surface area contributed by atoms with E-state index in [9.17, 15) is 9.90 Å². The molecular formula is C14H18O2S. The molecule has 0 aromatic carbocycles. The maximum atomic E-state index is 11.7. The van der Waals surface area contributed by atoms with Crippen molar-refractivity contribution in [2.45, 2.75) is 38.5 Å². The first-order valence-corrected chi connectivity index (χ1v) is 7.39. The number of hydrogen-bond donors (Lipinski definition) is 1. The van der Waals surface area contributed by atoms with Crippen LogP contribution < -0.4 is 0 Å². The minimum atomic E-state index is -0.542. The smallest absolute Gasteiger partial charge is 0.309 e. The van der Waals surface area contributed by atoms with Gasteiger partial charge >= 0.3 is 5.97 Å². The van der Waals surface area contributed by atoms with E-state index in [1.807, 2.05) is 0 Å². The Hall–Kier alpha value is -0.830. The van der Waals surface area contributed by atoms with Crippen LogP contribution >= 0.6 is 11.3 Å². The van der Waals surface area contributed by atoms with Gasteiger partial charge in [-0.05, 0) is 66.3 Å². The molecule has 2 aliphatic rings. The van der Waals surface area contributed by atoms with E-state index in [-0.39, 0.29) is 0 Å². The molecule has 3 rings (SSSR count). The maximum Gasteiger partial charge on any atom is 0.309 e. The average Bonchev–Trinajstić information content (AvgIpc) is 3.02. The highest BCUT2D eigenvalue weighted by atomic mass is 32.1. The van der Waals surface area contributed by atoms with Crippen LogP contribution in [0.5, 0.6) is 0 Å². The SMILES string of the molecule is O=C(O)C1(CCc2ccsc2)CC2CCC1C2. The molecule has 2 saturated carbocycles. The Bertz CT molecular complexity index is 412. The van der Waals surface area contributed by atoms with Crippen LogP contribution in [0.4, 0.5) is 0 Å². The zero-order valence-electron chi connectivity index (χ0n) is 9.89. The first-order valence-electron chi connectivity index (χ1n) is 6.45. The molecule has 3 unspecified atom stereocenters. The fourth-order valence-electron chi connectivity index (χ4n) is 3.92. The minimum Gasteiger partial charge on any atom is -0.481 e. The summed E-state index contributed by atoms with van der Waals surface area (Å²) in [6.45, 7) is 0. The van der Waals surface area contributed by atoms with Crippen LogP contribution in [0.1, 0.15) is 37.7 Å². The fourth-order valence-corrected chi connectivity index (χ4v) is 4.62. The van der Waals surface area contributed by atoms with Crippen molar-refractivity contribution in [3.05, 3.63) is 22.4 Å². The van der Waals surface area contributed by atoms with Crippen molar-refractivity contribution in [1.29, 1.82) is 0 Å². The second kappa shape index (κ2) is 4.13. The van der Waals surface area contributed by atoms with Crippen molar-refractivity contribution in [1.82, 2.24) is 0 Å². The van der Waals surface area contributed by atoms with Crippen molar-refractivity contribution in [3.8, 4) is 0 Å². The highest BCUT2D eigenvalue weighted by Gasteiger charge is 2.55. The van der Waals surface area contributed by atoms with Gasteiger partial charge in [-0.25, -0.2) is 0 Å². The van der Waals surface area contributed by atoms with Crippen molar-refractivity contribution in [3.63, 3.8) is 0 Å². The number of rotatable bonds is 4. The molecule has 0 spiro atoms. The van der Waals surface area contributed by atoms with Crippen LogP contribution in [-0.4, -0.2) is 11.1 Å². The summed E-state index contributed by atoms with van der Waals surface area (Å²) in [5.74, 6) is 0.599. The summed E-state index contributed by atoms with van der Waals surface area (Å²) >= 11 is 1.70. The lowest BCUT2D eigenvalue weighted by molar-refractivity contribution is -0.153. The van der Waals surface area contributed by atoms with Gasteiger partial charge in [0.15, 0.2) is 0 Å². The van der Waals surface area contributed by atoms with Crippen LogP contribution in [0.25, 0.3) is 0 Å². The maximum absolute atomic E-state index is 11.7. The fraction of sp³-hybridized carbons (Fsp3) is 0.643. The molecule has 0 saturated heterocycles. The van der Waals surface area contributed by atoms with Crippen molar-refractivity contribution < 1.29 is 9.90 Å². The Kier molecular flexibility index (Phi) is 2.74. The summed E-state index contributed by atoms with van der Waals surface area (Å²) < 4.78 is 0. The van der Waals surface area contributed by atoms with Crippen LogP contribution in [0.3, 0.4) is 0 Å². The first-order chi connectivity index (χ1) is 8.21. The molecule has 0 amide bonds. The Labute approximate surface area is 106 Å². The number of carbonyl (C=O) groups is 1. The minimum absolute atomic E-state index is 0.398. The quantitative estimate of drug-likeness (QED) is 0.887. The standard InChI is InChI=1S/C14H18O2S/c15-13(16)14(5-3-10-4-6-17-9-10)8-11-1-2-12(14)7-11/h4,6,9,11-12H,1-3,5,7-8H2,(H,15,16). The lowest BCUT2D eigenvalue weighted by atomic mass is 9.70. The second-order valence-corrected chi connectivity index (χ2v) is 6.45. The molecule has 17 heavy (non-hydrogen) atoms. The Morgan fingerprint density at radius 3 is 2.94 bits per heavy atom. The molecule has 1 N–H and O–H groups in total. The predicted molar refractivity (Wildman–Crippen MR) is 68.2 cm³/mol. The van der Waals surface area contributed by atoms with E-state index in [4.69, 9.17) is 0 Å². The van der Waals surface area contributed by atoms with Gasteiger partial charge in [-0.2, -0.15) is 11.3 Å². The third kappa shape index (κ3) is 1.81. The number of aryl methyl sites for hydroxylation is 1. The van der Waals surface area contributed by atoms with Gasteiger partial charge in [0.1, 0.15) is 0 Å². The summed E-state index contributed by atoms with van der Waals surface area (Å²) in [5, 5.41) is 13.8. The topological polar surface area (TPSA) is 37.3 Å². The molecular weight excluding hydrogens is 232 g/mol.